The van der Waals surface area contributed by atoms with E-state index in [0.29, 0.717) is 17.9 Å². The number of allylic oxidation sites excluding steroid dienone is 4. The highest BCUT2D eigenvalue weighted by atomic mass is 16.6. The lowest BCUT2D eigenvalue weighted by atomic mass is 9.52. The molecule has 0 amide bonds. The smallest absolute Gasteiger partial charge is 0.334 e. The number of cyclic esters (lactones) is 1. The first-order chi connectivity index (χ1) is 16.3. The fourth-order valence-electron chi connectivity index (χ4n) is 8.37. The highest BCUT2D eigenvalue weighted by Crippen LogP contribution is 2.65. The first kappa shape index (κ1) is 25.2. The maximum Gasteiger partial charge on any atom is 0.334 e. The van der Waals surface area contributed by atoms with Crippen molar-refractivity contribution in [2.45, 2.75) is 103 Å². The van der Waals surface area contributed by atoms with E-state index in [1.54, 1.807) is 19.9 Å². The summed E-state index contributed by atoms with van der Waals surface area (Å²) < 4.78 is 5.64. The van der Waals surface area contributed by atoms with E-state index in [9.17, 15) is 25.2 Å². The topological polar surface area (TPSA) is 107 Å². The van der Waals surface area contributed by atoms with Crippen molar-refractivity contribution >= 4 is 5.97 Å². The van der Waals surface area contributed by atoms with Crippen LogP contribution in [0.3, 0.4) is 0 Å². The van der Waals surface area contributed by atoms with Gasteiger partial charge in [0.05, 0.1) is 18.3 Å². The maximum absolute atomic E-state index is 13.1. The minimum Gasteiger partial charge on any atom is -0.452 e. The van der Waals surface area contributed by atoms with Crippen LogP contribution in [0.4, 0.5) is 0 Å². The molecule has 194 valence electrons. The number of esters is 1. The van der Waals surface area contributed by atoms with E-state index >= 15 is 0 Å². The Bertz CT molecular complexity index is 983. The van der Waals surface area contributed by atoms with E-state index in [-0.39, 0.29) is 28.8 Å². The van der Waals surface area contributed by atoms with Gasteiger partial charge < -0.3 is 25.2 Å². The molecule has 4 N–H and O–H groups in total. The van der Waals surface area contributed by atoms with Gasteiger partial charge >= 0.3 is 5.97 Å². The molecule has 2 saturated carbocycles. The summed E-state index contributed by atoms with van der Waals surface area (Å²) in [5.74, 6) is -0.645. The number of aliphatic hydroxyl groups is 4. The van der Waals surface area contributed by atoms with Crippen LogP contribution in [0.25, 0.3) is 0 Å². The Balaban J connectivity index is 1.50. The molecule has 0 bridgehead atoms. The van der Waals surface area contributed by atoms with Crippen LogP contribution in [-0.2, 0) is 9.53 Å². The van der Waals surface area contributed by atoms with Crippen LogP contribution in [-0.4, -0.2) is 56.4 Å². The molecular weight excluding hydrogens is 444 g/mol. The molecule has 0 saturated heterocycles. The van der Waals surface area contributed by atoms with Crippen molar-refractivity contribution in [2.75, 3.05) is 0 Å². The van der Waals surface area contributed by atoms with Gasteiger partial charge in [-0.15, -0.1) is 0 Å². The zero-order valence-corrected chi connectivity index (χ0v) is 21.7. The molecule has 0 radical (unpaired) electrons. The van der Waals surface area contributed by atoms with Crippen LogP contribution in [0.1, 0.15) is 73.1 Å². The molecule has 0 aromatic heterocycles. The van der Waals surface area contributed by atoms with Crippen molar-refractivity contribution < 1.29 is 30.0 Å². The number of fused-ring (bicyclic) bond motifs is 5. The lowest BCUT2D eigenvalue weighted by Crippen LogP contribution is -2.54. The molecule has 0 aromatic carbocycles. The number of hydrogen-bond donors (Lipinski definition) is 4. The van der Waals surface area contributed by atoms with E-state index in [2.05, 4.69) is 26.0 Å². The van der Waals surface area contributed by atoms with Crippen molar-refractivity contribution in [2.24, 2.45) is 34.5 Å². The molecule has 1 aliphatic heterocycles. The quantitative estimate of drug-likeness (QED) is 0.454. The van der Waals surface area contributed by atoms with Crippen LogP contribution < -0.4 is 0 Å². The summed E-state index contributed by atoms with van der Waals surface area (Å²) >= 11 is 0. The molecule has 1 heterocycles. The normalized spacial score (nSPS) is 45.4. The summed E-state index contributed by atoms with van der Waals surface area (Å²) in [6.07, 6.45) is 8.36. The number of hydrogen-bond acceptors (Lipinski definition) is 6. The second-order valence-electron chi connectivity index (χ2n) is 12.8. The second kappa shape index (κ2) is 8.27. The van der Waals surface area contributed by atoms with Gasteiger partial charge in [0.15, 0.2) is 6.10 Å². The van der Waals surface area contributed by atoms with Gasteiger partial charge in [-0.3, -0.25) is 0 Å². The molecule has 6 nitrogen and oxygen atoms in total. The predicted octanol–water partition coefficient (Wildman–Crippen LogP) is 3.44. The van der Waals surface area contributed by atoms with E-state index in [0.717, 1.165) is 32.1 Å². The summed E-state index contributed by atoms with van der Waals surface area (Å²) in [6.45, 7) is 9.64. The number of ether oxygens (including phenoxy) is 1. The molecule has 5 rings (SSSR count). The zero-order valence-electron chi connectivity index (χ0n) is 21.7. The monoisotopic (exact) mass is 486 g/mol. The Labute approximate surface area is 208 Å². The maximum atomic E-state index is 13.1. The molecule has 4 aliphatic carbocycles. The SMILES string of the molecule is CC(C)C(O)(C(C)O)C1C=C(C2[C@H](O)CC3C4=CCC5C[C@@H](O)CC[C@]5(C)C4=CC[C@@]32C)C(=O)O1. The molecule has 2 fully saturated rings. The van der Waals surface area contributed by atoms with Gasteiger partial charge in [-0.2, -0.15) is 0 Å². The largest absolute Gasteiger partial charge is 0.452 e. The summed E-state index contributed by atoms with van der Waals surface area (Å²) in [4.78, 5) is 13.1. The summed E-state index contributed by atoms with van der Waals surface area (Å²) in [6, 6.07) is 0. The highest BCUT2D eigenvalue weighted by molar-refractivity contribution is 5.92. The summed E-state index contributed by atoms with van der Waals surface area (Å²) in [5.41, 5.74) is 1.26. The number of aliphatic hydroxyl groups excluding tert-OH is 3. The Hall–Kier alpha value is -1.47. The van der Waals surface area contributed by atoms with Gasteiger partial charge in [0.1, 0.15) is 5.60 Å². The third-order valence-electron chi connectivity index (χ3n) is 10.7. The average Bonchev–Trinajstić information content (AvgIpc) is 3.28. The van der Waals surface area contributed by atoms with Gasteiger partial charge in [-0.25, -0.2) is 4.79 Å². The fraction of sp³-hybridized carbons (Fsp3) is 0.759. The Morgan fingerprint density at radius 3 is 2.49 bits per heavy atom. The van der Waals surface area contributed by atoms with Gasteiger partial charge in [0.25, 0.3) is 0 Å². The van der Waals surface area contributed by atoms with E-state index in [1.807, 2.05) is 0 Å². The standard InChI is InChI=1S/C29H42O6/c1-15(2)29(34,16(3)30)24-13-20(26(33)35-24)25-23(32)14-22-19-7-6-17-12-18(31)8-10-27(17,4)21(19)9-11-28(22,25)5/h7,9,13,15-18,22-25,30-32,34H,6,8,10-12,14H2,1-5H3/t16?,17?,18-,22?,23+,24?,25?,27-,28-,29?/m0/s1. The molecule has 6 unspecified atom stereocenters. The van der Waals surface area contributed by atoms with Crippen LogP contribution in [0.5, 0.6) is 0 Å². The van der Waals surface area contributed by atoms with Gasteiger partial charge in [-0.05, 0) is 91.3 Å². The van der Waals surface area contributed by atoms with Crippen molar-refractivity contribution in [1.29, 1.82) is 0 Å². The number of carbonyl (C=O) groups is 1. The van der Waals surface area contributed by atoms with Crippen LogP contribution >= 0.6 is 0 Å². The third-order valence-corrected chi connectivity index (χ3v) is 10.7. The van der Waals surface area contributed by atoms with E-state index in [1.165, 1.54) is 18.1 Å². The average molecular weight is 487 g/mol. The van der Waals surface area contributed by atoms with Crippen LogP contribution in [0.15, 0.2) is 34.9 Å². The zero-order chi connectivity index (χ0) is 25.5. The van der Waals surface area contributed by atoms with Crippen molar-refractivity contribution in [1.82, 2.24) is 0 Å². The second-order valence-corrected chi connectivity index (χ2v) is 12.8. The fourth-order valence-corrected chi connectivity index (χ4v) is 8.37. The molecular formula is C29H42O6. The summed E-state index contributed by atoms with van der Waals surface area (Å²) in [5, 5.41) is 43.2. The van der Waals surface area contributed by atoms with E-state index in [4.69, 9.17) is 4.74 Å². The Morgan fingerprint density at radius 1 is 1.11 bits per heavy atom. The lowest BCUT2D eigenvalue weighted by Gasteiger charge is -2.53. The first-order valence-corrected chi connectivity index (χ1v) is 13.4. The first-order valence-electron chi connectivity index (χ1n) is 13.4. The minimum absolute atomic E-state index is 0.0509. The number of carbonyl (C=O) groups excluding carboxylic acids is 1. The predicted molar refractivity (Wildman–Crippen MR) is 132 cm³/mol. The Kier molecular flexibility index (Phi) is 5.95. The number of rotatable bonds is 4. The highest BCUT2D eigenvalue weighted by Gasteiger charge is 2.60. The van der Waals surface area contributed by atoms with Gasteiger partial charge in [0.2, 0.25) is 0 Å². The molecule has 0 aromatic rings. The van der Waals surface area contributed by atoms with Gasteiger partial charge in [0, 0.05) is 11.5 Å². The lowest BCUT2D eigenvalue weighted by molar-refractivity contribution is -0.175. The molecule has 6 heteroatoms. The molecule has 10 atom stereocenters. The summed E-state index contributed by atoms with van der Waals surface area (Å²) in [7, 11) is 0. The Morgan fingerprint density at radius 2 is 1.83 bits per heavy atom. The third kappa shape index (κ3) is 3.47. The van der Waals surface area contributed by atoms with Crippen LogP contribution in [0.2, 0.25) is 0 Å². The van der Waals surface area contributed by atoms with Gasteiger partial charge in [-0.1, -0.05) is 39.8 Å². The molecule has 0 spiro atoms. The van der Waals surface area contributed by atoms with Crippen molar-refractivity contribution in [3.8, 4) is 0 Å². The minimum atomic E-state index is -1.60. The van der Waals surface area contributed by atoms with E-state index < -0.39 is 35.8 Å². The van der Waals surface area contributed by atoms with Crippen molar-refractivity contribution in [3.63, 3.8) is 0 Å². The molecule has 5 aliphatic rings. The van der Waals surface area contributed by atoms with Crippen molar-refractivity contribution in [3.05, 3.63) is 34.9 Å². The molecule has 35 heavy (non-hydrogen) atoms. The van der Waals surface area contributed by atoms with Crippen LogP contribution in [0, 0.1) is 34.5 Å².